The van der Waals surface area contributed by atoms with Crippen LogP contribution in [0, 0.1) is 11.8 Å². The molecule has 0 aliphatic carbocycles. The van der Waals surface area contributed by atoms with Crippen LogP contribution in [0.15, 0.2) is 12.1 Å². The van der Waals surface area contributed by atoms with Gasteiger partial charge in [-0.2, -0.15) is 0 Å². The lowest BCUT2D eigenvalue weighted by atomic mass is 9.95. The average Bonchev–Trinajstić information content (AvgIpc) is 2.88. The van der Waals surface area contributed by atoms with Crippen LogP contribution in [0.3, 0.4) is 0 Å². The van der Waals surface area contributed by atoms with E-state index < -0.39 is 0 Å². The number of carbonyl (C=O) groups is 1. The Labute approximate surface area is 120 Å². The second-order valence-corrected chi connectivity index (χ2v) is 6.36. The van der Waals surface area contributed by atoms with Crippen molar-refractivity contribution in [3.05, 3.63) is 17.7 Å². The Balaban J connectivity index is 1.87. The Morgan fingerprint density at radius 2 is 2.15 bits per heavy atom. The number of aryl methyl sites for hydroxylation is 1. The molecular formula is C16H23N3O. The number of carbonyl (C=O) groups excluding carboxylic acids is 1. The number of rotatable bonds is 2. The molecule has 3 N–H and O–H groups in total. The number of nitrogens with zero attached hydrogens (tertiary/aromatic N) is 1. The summed E-state index contributed by atoms with van der Waals surface area (Å²) < 4.78 is 0. The molecule has 1 aromatic rings. The highest BCUT2D eigenvalue weighted by Gasteiger charge is 2.27. The van der Waals surface area contributed by atoms with Gasteiger partial charge < -0.3 is 16.0 Å². The molecular weight excluding hydrogens is 250 g/mol. The fourth-order valence-electron chi connectivity index (χ4n) is 3.26. The van der Waals surface area contributed by atoms with E-state index in [2.05, 4.69) is 30.1 Å². The minimum atomic E-state index is 0.106. The van der Waals surface area contributed by atoms with Gasteiger partial charge in [0.2, 0.25) is 5.91 Å². The second-order valence-electron chi connectivity index (χ2n) is 6.36. The van der Waals surface area contributed by atoms with E-state index in [0.29, 0.717) is 12.3 Å². The van der Waals surface area contributed by atoms with Crippen LogP contribution < -0.4 is 16.0 Å². The Kier molecular flexibility index (Phi) is 3.32. The smallest absolute Gasteiger partial charge is 0.224 e. The largest absolute Gasteiger partial charge is 0.397 e. The van der Waals surface area contributed by atoms with Gasteiger partial charge in [0.15, 0.2) is 0 Å². The van der Waals surface area contributed by atoms with Crippen LogP contribution in [0.2, 0.25) is 0 Å². The van der Waals surface area contributed by atoms with Gasteiger partial charge in [-0.15, -0.1) is 0 Å². The summed E-state index contributed by atoms with van der Waals surface area (Å²) in [4.78, 5) is 13.9. The van der Waals surface area contributed by atoms with Crippen molar-refractivity contribution < 1.29 is 4.79 Å². The summed E-state index contributed by atoms with van der Waals surface area (Å²) >= 11 is 0. The number of nitrogen functional groups attached to an aromatic ring is 1. The zero-order valence-corrected chi connectivity index (χ0v) is 12.3. The highest BCUT2D eigenvalue weighted by Crippen LogP contribution is 2.36. The van der Waals surface area contributed by atoms with Gasteiger partial charge in [0.05, 0.1) is 11.4 Å². The quantitative estimate of drug-likeness (QED) is 0.814. The van der Waals surface area contributed by atoms with Gasteiger partial charge in [-0.05, 0) is 42.4 Å². The number of benzene rings is 1. The van der Waals surface area contributed by atoms with E-state index in [1.807, 2.05) is 6.07 Å². The summed E-state index contributed by atoms with van der Waals surface area (Å²) in [5.74, 6) is 1.55. The number of amides is 1. The normalized spacial score (nSPS) is 22.1. The molecule has 1 fully saturated rings. The third-order valence-electron chi connectivity index (χ3n) is 4.66. The fourth-order valence-corrected chi connectivity index (χ4v) is 3.26. The van der Waals surface area contributed by atoms with Gasteiger partial charge in [-0.1, -0.05) is 13.8 Å². The van der Waals surface area contributed by atoms with E-state index in [0.717, 1.165) is 48.1 Å². The van der Waals surface area contributed by atoms with Gasteiger partial charge in [-0.3, -0.25) is 4.79 Å². The molecule has 4 nitrogen and oxygen atoms in total. The van der Waals surface area contributed by atoms with E-state index in [1.54, 1.807) is 0 Å². The lowest BCUT2D eigenvalue weighted by Gasteiger charge is -2.25. The number of nitrogens with two attached hydrogens (primary N) is 1. The molecule has 2 aliphatic rings. The highest BCUT2D eigenvalue weighted by molar-refractivity contribution is 5.95. The van der Waals surface area contributed by atoms with Crippen LogP contribution in [-0.2, 0) is 11.2 Å². The maximum Gasteiger partial charge on any atom is 0.224 e. The maximum atomic E-state index is 11.5. The second kappa shape index (κ2) is 5.00. The topological polar surface area (TPSA) is 58.4 Å². The van der Waals surface area contributed by atoms with Crippen molar-refractivity contribution in [3.63, 3.8) is 0 Å². The van der Waals surface area contributed by atoms with Crippen molar-refractivity contribution in [3.8, 4) is 0 Å². The Morgan fingerprint density at radius 1 is 1.35 bits per heavy atom. The van der Waals surface area contributed by atoms with Crippen LogP contribution in [0.4, 0.5) is 17.1 Å². The summed E-state index contributed by atoms with van der Waals surface area (Å²) in [7, 11) is 0. The molecule has 20 heavy (non-hydrogen) atoms. The zero-order valence-electron chi connectivity index (χ0n) is 12.3. The number of hydrogen-bond acceptors (Lipinski definition) is 3. The van der Waals surface area contributed by atoms with E-state index in [4.69, 9.17) is 5.73 Å². The first-order valence-electron chi connectivity index (χ1n) is 7.52. The van der Waals surface area contributed by atoms with E-state index >= 15 is 0 Å². The number of fused-ring (bicyclic) bond motifs is 1. The van der Waals surface area contributed by atoms with E-state index in [9.17, 15) is 4.79 Å². The predicted molar refractivity (Wildman–Crippen MR) is 83.0 cm³/mol. The molecule has 1 amide bonds. The van der Waals surface area contributed by atoms with Crippen molar-refractivity contribution in [2.45, 2.75) is 33.1 Å². The molecule has 108 valence electrons. The monoisotopic (exact) mass is 273 g/mol. The van der Waals surface area contributed by atoms with Crippen molar-refractivity contribution in [1.29, 1.82) is 0 Å². The van der Waals surface area contributed by atoms with Gasteiger partial charge in [0.25, 0.3) is 0 Å². The van der Waals surface area contributed by atoms with E-state index in [-0.39, 0.29) is 5.91 Å². The number of hydrogen-bond donors (Lipinski definition) is 2. The molecule has 1 atom stereocenters. The lowest BCUT2D eigenvalue weighted by Crippen LogP contribution is -2.24. The molecule has 2 aliphatic heterocycles. The molecule has 1 aromatic carbocycles. The molecule has 0 spiro atoms. The van der Waals surface area contributed by atoms with Gasteiger partial charge in [0, 0.05) is 25.2 Å². The Bertz CT molecular complexity index is 539. The Hall–Kier alpha value is -1.71. The van der Waals surface area contributed by atoms with Gasteiger partial charge in [-0.25, -0.2) is 0 Å². The molecule has 0 saturated carbocycles. The fraction of sp³-hybridized carbons (Fsp3) is 0.562. The van der Waals surface area contributed by atoms with Crippen LogP contribution in [0.1, 0.15) is 32.3 Å². The molecule has 4 heteroatoms. The third-order valence-corrected chi connectivity index (χ3v) is 4.66. The van der Waals surface area contributed by atoms with Crippen LogP contribution >= 0.6 is 0 Å². The third kappa shape index (κ3) is 2.35. The first-order chi connectivity index (χ1) is 9.54. The number of nitrogens with one attached hydrogen (secondary N) is 1. The SMILES string of the molecule is CC(C)C1CCN(c2cc3c(cc2N)CCC(=O)N3)C1. The standard InChI is InChI=1S/C16H23N3O/c1-10(2)12-5-6-19(9-12)15-8-14-11(7-13(15)17)3-4-16(20)18-14/h7-8,10,12H,3-6,9,17H2,1-2H3,(H,18,20). The van der Waals surface area contributed by atoms with Gasteiger partial charge >= 0.3 is 0 Å². The summed E-state index contributed by atoms with van der Waals surface area (Å²) in [5, 5.41) is 2.96. The molecule has 2 heterocycles. The summed E-state index contributed by atoms with van der Waals surface area (Å²) in [6.45, 7) is 6.68. The summed E-state index contributed by atoms with van der Waals surface area (Å²) in [5.41, 5.74) is 10.2. The first-order valence-corrected chi connectivity index (χ1v) is 7.52. The molecule has 0 radical (unpaired) electrons. The van der Waals surface area contributed by atoms with Crippen LogP contribution in [0.5, 0.6) is 0 Å². The Morgan fingerprint density at radius 3 is 2.85 bits per heavy atom. The van der Waals surface area contributed by atoms with E-state index in [1.165, 1.54) is 6.42 Å². The summed E-state index contributed by atoms with van der Waals surface area (Å²) in [6, 6.07) is 4.09. The maximum absolute atomic E-state index is 11.5. The van der Waals surface area contributed by atoms with Crippen molar-refractivity contribution >= 4 is 23.0 Å². The van der Waals surface area contributed by atoms with Crippen molar-refractivity contribution in [2.75, 3.05) is 29.0 Å². The number of anilines is 3. The predicted octanol–water partition coefficient (Wildman–Crippen LogP) is 2.64. The molecule has 1 unspecified atom stereocenters. The van der Waals surface area contributed by atoms with Crippen LogP contribution in [-0.4, -0.2) is 19.0 Å². The lowest BCUT2D eigenvalue weighted by molar-refractivity contribution is -0.116. The average molecular weight is 273 g/mol. The highest BCUT2D eigenvalue weighted by atomic mass is 16.1. The molecule has 1 saturated heterocycles. The van der Waals surface area contributed by atoms with Crippen LogP contribution in [0.25, 0.3) is 0 Å². The summed E-state index contributed by atoms with van der Waals surface area (Å²) in [6.07, 6.45) is 2.58. The van der Waals surface area contributed by atoms with Crippen molar-refractivity contribution in [2.24, 2.45) is 11.8 Å². The van der Waals surface area contributed by atoms with Gasteiger partial charge in [0.1, 0.15) is 0 Å². The molecule has 3 rings (SSSR count). The zero-order chi connectivity index (χ0) is 14.3. The molecule has 0 aromatic heterocycles. The minimum absolute atomic E-state index is 0.106. The molecule has 0 bridgehead atoms. The first kappa shape index (κ1) is 13.3. The van der Waals surface area contributed by atoms with Crippen molar-refractivity contribution in [1.82, 2.24) is 0 Å². The minimum Gasteiger partial charge on any atom is -0.397 e.